The Balaban J connectivity index is 4.20. The summed E-state index contributed by atoms with van der Waals surface area (Å²) in [5.74, 6) is -2.07. The minimum Gasteiger partial charge on any atom is -0.477 e. The smallest absolute Gasteiger partial charge is 0.361 e. The molecule has 0 aromatic rings. The Kier molecular flexibility index (Phi) is 70.4. The number of ether oxygens (including phenoxy) is 4. The molecule has 0 spiro atoms. The molecule has 2 atom stereocenters. The van der Waals surface area contributed by atoms with E-state index in [1.807, 2.05) is 21.1 Å². The third-order valence-electron chi connectivity index (χ3n) is 15.2. The molecule has 97 heavy (non-hydrogen) atoms. The average molecular weight is 1340 g/mol. The summed E-state index contributed by atoms with van der Waals surface area (Å²) in [6.07, 6.45) is 116. The predicted molar refractivity (Wildman–Crippen MR) is 418 cm³/mol. The van der Waals surface area contributed by atoms with Gasteiger partial charge in [-0.15, -0.1) is 0 Å². The predicted octanol–water partition coefficient (Wildman–Crippen LogP) is 24.5. The molecule has 9 heteroatoms. The van der Waals surface area contributed by atoms with Crippen LogP contribution < -0.4 is 0 Å². The van der Waals surface area contributed by atoms with Crippen molar-refractivity contribution in [3.05, 3.63) is 219 Å². The van der Waals surface area contributed by atoms with Gasteiger partial charge in [-0.2, -0.15) is 0 Å². The van der Waals surface area contributed by atoms with Gasteiger partial charge in [0.2, 0.25) is 0 Å². The minimum absolute atomic E-state index is 0.170. The number of carbonyl (C=O) groups is 3. The number of likely N-dealkylation sites (N-methyl/N-ethyl adjacent to an activating group) is 1. The fraction of sp³-hybridized carbons (Fsp3) is 0.557. The van der Waals surface area contributed by atoms with Gasteiger partial charge in [-0.25, -0.2) is 4.79 Å². The minimum atomic E-state index is -1.53. The number of nitrogens with zero attached hydrogens (tertiary/aromatic N) is 1. The normalized spacial score (nSPS) is 13.9. The number of carboxylic acids is 1. The summed E-state index contributed by atoms with van der Waals surface area (Å²) in [5, 5.41) is 9.76. The van der Waals surface area contributed by atoms with Gasteiger partial charge >= 0.3 is 17.9 Å². The standard InChI is InChI=1S/C88H137NO8/c1-6-8-10-12-14-16-18-20-22-24-26-28-30-32-34-36-38-39-40-41-42-43-44-45-46-47-49-51-53-55-57-59-61-63-65-67-69-71-73-75-77-79-86(91)97-84(83-96-88(87(92)93)94-81-80-89(3,4)5)82-95-85(90)78-76-74-72-70-68-66-64-62-60-58-56-54-52-50-48-37-35-33-31-29-27-25-23-21-19-17-15-13-11-9-7-2/h8-11,14-17,20-23,26-29,32-35,38-39,41-42,44-45,47-50,54,56,60,62,66,68,84,88H,6-7,12-13,18-19,24-25,30-31,36-37,40,43,46,51-53,55,57-59,61,63-65,67,69-83H2,1-5H3/p+1/b10-8-,11-9-,16-14-,17-15-,22-20-,23-21-,28-26-,29-27-,34-32-,35-33-,39-38-,42-41-,45-44-,49-47-,50-48-,56-54-,62-60-,68-66-. The van der Waals surface area contributed by atoms with E-state index in [-0.39, 0.29) is 38.6 Å². The molecule has 2 unspecified atom stereocenters. The maximum atomic E-state index is 13.0. The topological polar surface area (TPSA) is 108 Å². The molecule has 0 radical (unpaired) electrons. The van der Waals surface area contributed by atoms with Gasteiger partial charge in [0.05, 0.1) is 34.4 Å². The van der Waals surface area contributed by atoms with E-state index in [1.165, 1.54) is 64.2 Å². The number of carboxylic acid groups (broad SMARTS) is 1. The second-order valence-corrected chi connectivity index (χ2v) is 25.5. The van der Waals surface area contributed by atoms with E-state index in [4.69, 9.17) is 18.9 Å². The molecule has 1 N–H and O–H groups in total. The molecule has 0 rings (SSSR count). The van der Waals surface area contributed by atoms with Gasteiger partial charge in [-0.05, 0) is 154 Å². The van der Waals surface area contributed by atoms with Crippen molar-refractivity contribution in [2.24, 2.45) is 0 Å². The van der Waals surface area contributed by atoms with Gasteiger partial charge in [0, 0.05) is 12.8 Å². The highest BCUT2D eigenvalue weighted by molar-refractivity contribution is 5.71. The van der Waals surface area contributed by atoms with Crippen LogP contribution in [-0.2, 0) is 33.3 Å². The molecule has 0 saturated carbocycles. The van der Waals surface area contributed by atoms with Crippen molar-refractivity contribution in [2.45, 2.75) is 270 Å². The number of hydrogen-bond donors (Lipinski definition) is 1. The molecular weight excluding hydrogens is 1200 g/mol. The van der Waals surface area contributed by atoms with E-state index >= 15 is 0 Å². The number of allylic oxidation sites excluding steroid dienone is 36. The van der Waals surface area contributed by atoms with Crippen molar-refractivity contribution in [1.29, 1.82) is 0 Å². The van der Waals surface area contributed by atoms with Crippen LogP contribution in [0.15, 0.2) is 219 Å². The second-order valence-electron chi connectivity index (χ2n) is 25.5. The molecule has 0 aromatic heterocycles. The number of rotatable bonds is 67. The van der Waals surface area contributed by atoms with Crippen LogP contribution >= 0.6 is 0 Å². The molecular formula is C88H138NO8+. The first-order chi connectivity index (χ1) is 47.6. The molecule has 0 bridgehead atoms. The Labute approximate surface area is 594 Å². The van der Waals surface area contributed by atoms with Gasteiger partial charge in [0.15, 0.2) is 6.10 Å². The van der Waals surface area contributed by atoms with Crippen LogP contribution in [0.5, 0.6) is 0 Å². The first kappa shape index (κ1) is 90.6. The lowest BCUT2D eigenvalue weighted by atomic mass is 10.0. The zero-order valence-electron chi connectivity index (χ0n) is 61.9. The summed E-state index contributed by atoms with van der Waals surface area (Å²) in [4.78, 5) is 37.7. The highest BCUT2D eigenvalue weighted by atomic mass is 16.7. The zero-order valence-corrected chi connectivity index (χ0v) is 61.9. The number of unbranched alkanes of at least 4 members (excludes halogenated alkanes) is 16. The number of hydrogen-bond acceptors (Lipinski definition) is 7. The molecule has 0 saturated heterocycles. The number of carbonyl (C=O) groups excluding carboxylic acids is 2. The molecule has 0 heterocycles. The summed E-state index contributed by atoms with van der Waals surface area (Å²) < 4.78 is 22.9. The van der Waals surface area contributed by atoms with E-state index in [0.29, 0.717) is 23.9 Å². The van der Waals surface area contributed by atoms with Gasteiger partial charge in [0.25, 0.3) is 6.29 Å². The monoisotopic (exact) mass is 1340 g/mol. The lowest BCUT2D eigenvalue weighted by Gasteiger charge is -2.25. The van der Waals surface area contributed by atoms with Crippen LogP contribution in [0.2, 0.25) is 0 Å². The summed E-state index contributed by atoms with van der Waals surface area (Å²) in [7, 11) is 5.95. The molecule has 9 nitrogen and oxygen atoms in total. The van der Waals surface area contributed by atoms with Crippen molar-refractivity contribution in [2.75, 3.05) is 47.5 Å². The Morgan fingerprint density at radius 1 is 0.309 bits per heavy atom. The number of quaternary nitrogens is 1. The summed E-state index contributed by atoms with van der Waals surface area (Å²) in [6.45, 7) is 4.59. The third kappa shape index (κ3) is 76.8. The molecule has 0 fully saturated rings. The number of aliphatic carboxylic acids is 1. The van der Waals surface area contributed by atoms with Crippen LogP contribution in [0, 0.1) is 0 Å². The largest absolute Gasteiger partial charge is 0.477 e. The fourth-order valence-corrected chi connectivity index (χ4v) is 9.53. The van der Waals surface area contributed by atoms with Crippen LogP contribution in [0.3, 0.4) is 0 Å². The zero-order chi connectivity index (χ0) is 70.4. The van der Waals surface area contributed by atoms with E-state index < -0.39 is 24.3 Å². The van der Waals surface area contributed by atoms with E-state index in [1.54, 1.807) is 0 Å². The molecule has 0 aliphatic carbocycles. The summed E-state index contributed by atoms with van der Waals surface area (Å²) >= 11 is 0. The van der Waals surface area contributed by atoms with Crippen molar-refractivity contribution in [3.8, 4) is 0 Å². The molecule has 0 aromatic carbocycles. The van der Waals surface area contributed by atoms with E-state index in [0.717, 1.165) is 154 Å². The van der Waals surface area contributed by atoms with Crippen LogP contribution in [0.1, 0.15) is 258 Å². The molecule has 0 aliphatic heterocycles. The van der Waals surface area contributed by atoms with Gasteiger partial charge < -0.3 is 28.5 Å². The maximum Gasteiger partial charge on any atom is 0.361 e. The maximum absolute atomic E-state index is 13.0. The van der Waals surface area contributed by atoms with Gasteiger partial charge in [-0.3, -0.25) is 9.59 Å². The number of esters is 2. The Hall–Kier alpha value is -6.39. The Morgan fingerprint density at radius 2 is 0.557 bits per heavy atom. The Morgan fingerprint density at radius 3 is 0.835 bits per heavy atom. The second kappa shape index (κ2) is 75.4. The lowest BCUT2D eigenvalue weighted by Crippen LogP contribution is -2.40. The van der Waals surface area contributed by atoms with E-state index in [9.17, 15) is 19.5 Å². The SMILES string of the molecule is CC/C=C\C/C=C\C/C=C\C/C=C\C/C=C\C/C=C\C/C=C\C/C=C\C/C=C\CCCCCCCCCCCCCCCC(=O)OC(COC(=O)CCCCC/C=C\C/C=C\C/C=C\C/C=C\C/C=C\C/C=C\C/C=C\C/C=C\C/C=C\CC)COC(OCC[N+](C)(C)C)C(=O)O. The lowest BCUT2D eigenvalue weighted by molar-refractivity contribution is -0.870. The molecule has 0 amide bonds. The van der Waals surface area contributed by atoms with Crippen LogP contribution in [0.4, 0.5) is 0 Å². The van der Waals surface area contributed by atoms with Crippen molar-refractivity contribution in [3.63, 3.8) is 0 Å². The van der Waals surface area contributed by atoms with Crippen molar-refractivity contribution < 1.29 is 42.9 Å². The highest BCUT2D eigenvalue weighted by Gasteiger charge is 2.25. The average Bonchev–Trinajstić information content (AvgIpc) is 3.27. The molecule has 0 aliphatic rings. The third-order valence-corrected chi connectivity index (χ3v) is 15.2. The highest BCUT2D eigenvalue weighted by Crippen LogP contribution is 2.16. The quantitative estimate of drug-likeness (QED) is 0.0211. The van der Waals surface area contributed by atoms with Crippen molar-refractivity contribution >= 4 is 17.9 Å². The first-order valence-corrected chi connectivity index (χ1v) is 37.9. The van der Waals surface area contributed by atoms with Crippen molar-refractivity contribution in [1.82, 2.24) is 0 Å². The van der Waals surface area contributed by atoms with Gasteiger partial charge in [-0.1, -0.05) is 310 Å². The fourth-order valence-electron chi connectivity index (χ4n) is 9.53. The first-order valence-electron chi connectivity index (χ1n) is 37.9. The van der Waals surface area contributed by atoms with Crippen LogP contribution in [0.25, 0.3) is 0 Å². The Bertz CT molecular complexity index is 2400. The van der Waals surface area contributed by atoms with E-state index in [2.05, 4.69) is 233 Å². The van der Waals surface area contributed by atoms with Crippen LogP contribution in [-0.4, -0.2) is 87.4 Å². The summed E-state index contributed by atoms with van der Waals surface area (Å²) in [5.41, 5.74) is 0. The van der Waals surface area contributed by atoms with Gasteiger partial charge in [0.1, 0.15) is 13.2 Å². The molecule has 542 valence electrons. The summed E-state index contributed by atoms with van der Waals surface area (Å²) in [6, 6.07) is 0.